The number of rotatable bonds is 13. The van der Waals surface area contributed by atoms with Crippen molar-refractivity contribution in [1.29, 1.82) is 0 Å². The summed E-state index contributed by atoms with van der Waals surface area (Å²) in [6.07, 6.45) is 12.4. The monoisotopic (exact) mass is 791 g/mol. The van der Waals surface area contributed by atoms with Crippen LogP contribution >= 0.6 is 0 Å². The minimum absolute atomic E-state index is 0.0237. The molecule has 0 unspecified atom stereocenters. The second-order valence-corrected chi connectivity index (χ2v) is 15.3. The summed E-state index contributed by atoms with van der Waals surface area (Å²) >= 11 is 0. The summed E-state index contributed by atoms with van der Waals surface area (Å²) in [6.45, 7) is 5.96. The summed E-state index contributed by atoms with van der Waals surface area (Å²) in [7, 11) is 2.47. The molecule has 3 aromatic rings. The number of benzene rings is 1. The lowest BCUT2D eigenvalue weighted by atomic mass is 9.87. The molecule has 0 bridgehead atoms. The van der Waals surface area contributed by atoms with Gasteiger partial charge < -0.3 is 44.7 Å². The van der Waals surface area contributed by atoms with Gasteiger partial charge in [-0.25, -0.2) is 28.3 Å². The van der Waals surface area contributed by atoms with Crippen molar-refractivity contribution in [2.45, 2.75) is 88.4 Å². The topological polar surface area (TPSA) is 178 Å². The average molecular weight is 792 g/mol. The summed E-state index contributed by atoms with van der Waals surface area (Å²) in [5.74, 6) is 1.89. The van der Waals surface area contributed by atoms with E-state index in [0.717, 1.165) is 31.2 Å². The first kappa shape index (κ1) is 41.1. The number of aromatic nitrogens is 4. The highest BCUT2D eigenvalue weighted by molar-refractivity contribution is 5.86. The molecule has 4 N–H and O–H groups in total. The number of H-pyrrole nitrogens is 2. The van der Waals surface area contributed by atoms with Gasteiger partial charge in [-0.2, -0.15) is 0 Å². The molecule has 3 amide bonds. The van der Waals surface area contributed by atoms with Crippen molar-refractivity contribution in [2.75, 3.05) is 51.8 Å². The number of aromatic amines is 2. The molecular weight excluding hydrogens is 740 g/mol. The van der Waals surface area contributed by atoms with Gasteiger partial charge in [0.15, 0.2) is 0 Å². The molecule has 57 heavy (non-hydrogen) atoms. The van der Waals surface area contributed by atoms with Crippen LogP contribution in [0.4, 0.5) is 24.1 Å². The Balaban J connectivity index is 1.09. The van der Waals surface area contributed by atoms with Crippen LogP contribution in [0.25, 0.3) is 11.3 Å². The Kier molecular flexibility index (Phi) is 12.8. The number of carbonyl (C=O) groups is 4. The average Bonchev–Trinajstić information content (AvgIpc) is 4.04. The highest BCUT2D eigenvalue weighted by Crippen LogP contribution is 2.38. The molecule has 2 aromatic heterocycles. The number of methoxy groups -OCH3 is 2. The van der Waals surface area contributed by atoms with Crippen LogP contribution in [0.1, 0.15) is 94.1 Å². The molecular formula is C40H51F2N9O6. The molecule has 3 aliphatic heterocycles. The largest absolute Gasteiger partial charge is 0.453 e. The third-order valence-corrected chi connectivity index (χ3v) is 11.6. The van der Waals surface area contributed by atoms with Crippen molar-refractivity contribution in [3.63, 3.8) is 0 Å². The molecule has 3 saturated heterocycles. The lowest BCUT2D eigenvalue weighted by molar-refractivity contribution is -0.134. The zero-order valence-corrected chi connectivity index (χ0v) is 32.8. The number of aldehydes is 1. The van der Waals surface area contributed by atoms with Crippen LogP contribution in [0.3, 0.4) is 0 Å². The van der Waals surface area contributed by atoms with Gasteiger partial charge in [0, 0.05) is 56.0 Å². The lowest BCUT2D eigenvalue weighted by Crippen LogP contribution is -2.60. The van der Waals surface area contributed by atoms with Crippen molar-refractivity contribution in [3.05, 3.63) is 53.5 Å². The van der Waals surface area contributed by atoms with Crippen molar-refractivity contribution in [2.24, 2.45) is 5.92 Å². The second-order valence-electron chi connectivity index (χ2n) is 15.3. The number of amides is 3. The van der Waals surface area contributed by atoms with Crippen LogP contribution in [0.5, 0.6) is 0 Å². The number of likely N-dealkylation sites (tertiary alicyclic amines) is 2. The molecule has 5 heterocycles. The molecule has 3 aliphatic rings. The van der Waals surface area contributed by atoms with Gasteiger partial charge in [-0.1, -0.05) is 13.8 Å². The molecule has 0 spiro atoms. The van der Waals surface area contributed by atoms with Gasteiger partial charge in [-0.3, -0.25) is 9.69 Å². The first-order valence-corrected chi connectivity index (χ1v) is 19.4. The third-order valence-electron chi connectivity index (χ3n) is 11.6. The molecule has 6 rings (SSSR count). The Morgan fingerprint density at radius 3 is 2.26 bits per heavy atom. The quantitative estimate of drug-likeness (QED) is 0.137. The predicted molar refractivity (Wildman–Crippen MR) is 206 cm³/mol. The maximum absolute atomic E-state index is 15.8. The summed E-state index contributed by atoms with van der Waals surface area (Å²) in [6, 6.07) is 1.21. The zero-order chi connectivity index (χ0) is 40.9. The highest BCUT2D eigenvalue weighted by Gasteiger charge is 2.42. The van der Waals surface area contributed by atoms with E-state index in [9.17, 15) is 19.2 Å². The first-order valence-electron chi connectivity index (χ1n) is 19.4. The van der Waals surface area contributed by atoms with Gasteiger partial charge in [-0.15, -0.1) is 12.3 Å². The Hall–Kier alpha value is -5.50. The Morgan fingerprint density at radius 1 is 0.965 bits per heavy atom. The number of ether oxygens (including phenoxy) is 2. The van der Waals surface area contributed by atoms with E-state index in [1.807, 2.05) is 13.8 Å². The second kappa shape index (κ2) is 17.7. The normalized spacial score (nSPS) is 20.5. The highest BCUT2D eigenvalue weighted by atomic mass is 19.1. The van der Waals surface area contributed by atoms with Crippen LogP contribution in [-0.2, 0) is 19.1 Å². The lowest BCUT2D eigenvalue weighted by Gasteiger charge is -2.37. The number of anilines is 1. The van der Waals surface area contributed by atoms with Gasteiger partial charge in [-0.05, 0) is 63.1 Å². The summed E-state index contributed by atoms with van der Waals surface area (Å²) < 4.78 is 41.0. The van der Waals surface area contributed by atoms with E-state index in [1.54, 1.807) is 22.2 Å². The molecule has 0 radical (unpaired) electrons. The fourth-order valence-corrected chi connectivity index (χ4v) is 8.32. The molecule has 3 fully saturated rings. The zero-order valence-electron chi connectivity index (χ0n) is 32.8. The number of piperidine rings is 1. The van der Waals surface area contributed by atoms with E-state index in [0.29, 0.717) is 68.3 Å². The number of hydrogen-bond acceptors (Lipinski definition) is 10. The number of imidazole rings is 2. The molecule has 1 aromatic carbocycles. The van der Waals surface area contributed by atoms with Crippen molar-refractivity contribution in [3.8, 4) is 23.6 Å². The first-order chi connectivity index (χ1) is 27.4. The maximum atomic E-state index is 15.8. The molecule has 0 saturated carbocycles. The Bertz CT molecular complexity index is 1950. The SMILES string of the molecule is C#CC[C@H](NC(=O)OC)C(=O)N1CCC[C@H]1c1ncc(C2CCN(c3c(F)cc(-c4cnc([C@@H]5CCCN5C[C@](C=O)(NC(=O)OC)C(C)C)[nH]4)cc3F)CC2)[nH]1. The van der Waals surface area contributed by atoms with Crippen LogP contribution in [-0.4, -0.2) is 113 Å². The van der Waals surface area contributed by atoms with Gasteiger partial charge in [0.1, 0.15) is 46.8 Å². The molecule has 15 nitrogen and oxygen atoms in total. The van der Waals surface area contributed by atoms with Crippen LogP contribution in [0, 0.1) is 29.9 Å². The Labute approximate surface area is 330 Å². The standard InChI is InChI=1S/C40H51F2N9O6/c1-6-9-29(47-38(54)56-4)37(53)51-15-8-11-33(51)36-44-20-30(45-36)25-12-16-49(17-13-25)34-27(41)18-26(19-28(34)42)31-21-43-35(46-31)32-10-7-14-50(32)22-40(23-52,24(2)3)48-39(55)57-5/h1,18-21,23-25,29,32-33H,7-17,22H2,2-5H3,(H,43,46)(H,44,45)(H,47,54)(H,48,55)/t29-,32-,33-,40+/m0/s1. The molecule has 17 heteroatoms. The number of terminal acetylenes is 1. The number of halogens is 2. The van der Waals surface area contributed by atoms with E-state index >= 15 is 8.78 Å². The van der Waals surface area contributed by atoms with Crippen LogP contribution in [0.15, 0.2) is 24.5 Å². The third kappa shape index (κ3) is 8.75. The van der Waals surface area contributed by atoms with Crippen LogP contribution in [0.2, 0.25) is 0 Å². The minimum Gasteiger partial charge on any atom is -0.453 e. The molecule has 4 atom stereocenters. The van der Waals surface area contributed by atoms with Gasteiger partial charge in [0.25, 0.3) is 0 Å². The summed E-state index contributed by atoms with van der Waals surface area (Å²) in [4.78, 5) is 71.1. The number of carbonyl (C=O) groups excluding carboxylic acids is 4. The van der Waals surface area contributed by atoms with E-state index in [2.05, 4.69) is 46.1 Å². The van der Waals surface area contributed by atoms with Crippen molar-refractivity contribution >= 4 is 30.1 Å². The van der Waals surface area contributed by atoms with Gasteiger partial charge >= 0.3 is 12.2 Å². The summed E-state index contributed by atoms with van der Waals surface area (Å²) in [5, 5.41) is 5.25. The van der Waals surface area contributed by atoms with Crippen molar-refractivity contribution < 1.29 is 37.4 Å². The van der Waals surface area contributed by atoms with Crippen molar-refractivity contribution in [1.82, 2.24) is 40.4 Å². The Morgan fingerprint density at radius 2 is 1.61 bits per heavy atom. The fourth-order valence-electron chi connectivity index (χ4n) is 8.32. The number of alkyl carbamates (subject to hydrolysis) is 2. The maximum Gasteiger partial charge on any atom is 0.407 e. The predicted octanol–water partition coefficient (Wildman–Crippen LogP) is 4.96. The fraction of sp³-hybridized carbons (Fsp3) is 0.550. The van der Waals surface area contributed by atoms with Crippen LogP contribution < -0.4 is 15.5 Å². The van der Waals surface area contributed by atoms with E-state index in [4.69, 9.17) is 11.2 Å². The molecule has 0 aliphatic carbocycles. The van der Waals surface area contributed by atoms with Gasteiger partial charge in [0.05, 0.1) is 38.2 Å². The van der Waals surface area contributed by atoms with E-state index < -0.39 is 35.4 Å². The minimum atomic E-state index is -1.18. The number of nitrogens with one attached hydrogen (secondary N) is 4. The smallest absolute Gasteiger partial charge is 0.407 e. The molecule has 306 valence electrons. The number of nitrogens with zero attached hydrogens (tertiary/aromatic N) is 5. The van der Waals surface area contributed by atoms with Gasteiger partial charge in [0.2, 0.25) is 5.91 Å². The van der Waals surface area contributed by atoms with E-state index in [-0.39, 0.29) is 48.5 Å². The van der Waals surface area contributed by atoms with E-state index in [1.165, 1.54) is 26.4 Å². The number of hydrogen-bond donors (Lipinski definition) is 4. The summed E-state index contributed by atoms with van der Waals surface area (Å²) in [5.41, 5.74) is 0.414.